The molecular formula is C28H54O6. The first kappa shape index (κ1) is 34.9. The molecule has 202 valence electrons. The molecule has 2 atom stereocenters. The van der Waals surface area contributed by atoms with E-state index >= 15 is 0 Å². The molecule has 0 spiro atoms. The van der Waals surface area contributed by atoms with Gasteiger partial charge in [-0.3, -0.25) is 4.79 Å². The molecule has 0 radical (unpaired) electrons. The van der Waals surface area contributed by atoms with Crippen LogP contribution < -0.4 is 0 Å². The maximum Gasteiger partial charge on any atom is 0.306 e. The van der Waals surface area contributed by atoms with E-state index in [1.54, 1.807) is 21.0 Å². The van der Waals surface area contributed by atoms with Gasteiger partial charge in [-0.1, -0.05) is 41.5 Å². The lowest BCUT2D eigenvalue weighted by Gasteiger charge is -2.27. The fourth-order valence-corrected chi connectivity index (χ4v) is 4.42. The molecule has 0 aliphatic carbocycles. The van der Waals surface area contributed by atoms with Crippen LogP contribution in [-0.2, 0) is 28.6 Å². The van der Waals surface area contributed by atoms with E-state index in [2.05, 4.69) is 34.6 Å². The van der Waals surface area contributed by atoms with Crippen LogP contribution in [0.1, 0.15) is 108 Å². The third kappa shape index (κ3) is 23.9. The van der Waals surface area contributed by atoms with Crippen molar-refractivity contribution in [2.45, 2.75) is 114 Å². The van der Waals surface area contributed by atoms with Gasteiger partial charge in [0.2, 0.25) is 0 Å². The smallest absolute Gasteiger partial charge is 0.306 e. The maximum absolute atomic E-state index is 11.6. The van der Waals surface area contributed by atoms with Crippen molar-refractivity contribution in [1.82, 2.24) is 0 Å². The minimum atomic E-state index is -0.177. The zero-order valence-electron chi connectivity index (χ0n) is 24.0. The van der Waals surface area contributed by atoms with Gasteiger partial charge in [-0.05, 0) is 69.6 Å². The summed E-state index contributed by atoms with van der Waals surface area (Å²) < 4.78 is 15.9. The number of ether oxygens (including phenoxy) is 3. The van der Waals surface area contributed by atoms with Gasteiger partial charge in [0.1, 0.15) is 11.6 Å². The Hall–Kier alpha value is -1.27. The largest absolute Gasteiger partial charge is 0.466 e. The summed E-state index contributed by atoms with van der Waals surface area (Å²) in [6.07, 6.45) is 4.44. The van der Waals surface area contributed by atoms with E-state index in [1.807, 2.05) is 20.8 Å². The van der Waals surface area contributed by atoms with Crippen molar-refractivity contribution in [1.29, 1.82) is 0 Å². The van der Waals surface area contributed by atoms with Crippen LogP contribution in [0.2, 0.25) is 0 Å². The molecule has 0 aliphatic rings. The lowest BCUT2D eigenvalue weighted by molar-refractivity contribution is -0.145. The number of hydrogen-bond acceptors (Lipinski definition) is 6. The quantitative estimate of drug-likeness (QED) is 0.174. The zero-order valence-corrected chi connectivity index (χ0v) is 24.0. The van der Waals surface area contributed by atoms with Gasteiger partial charge in [-0.2, -0.15) is 0 Å². The Kier molecular flexibility index (Phi) is 18.5. The molecule has 0 saturated heterocycles. The number of carbonyl (C=O) groups is 3. The molecule has 0 N–H and O–H groups in total. The van der Waals surface area contributed by atoms with Crippen LogP contribution in [0.5, 0.6) is 0 Å². The van der Waals surface area contributed by atoms with Gasteiger partial charge in [-0.25, -0.2) is 0 Å². The number of rotatable bonds is 17. The molecule has 0 rings (SSSR count). The van der Waals surface area contributed by atoms with E-state index in [9.17, 15) is 14.4 Å². The number of hydrogen-bond donors (Lipinski definition) is 0. The predicted octanol–water partition coefficient (Wildman–Crippen LogP) is 6.43. The molecule has 0 aromatic carbocycles. The van der Waals surface area contributed by atoms with Crippen molar-refractivity contribution < 1.29 is 28.6 Å². The summed E-state index contributed by atoms with van der Waals surface area (Å²) in [5, 5.41) is 0. The van der Waals surface area contributed by atoms with Crippen molar-refractivity contribution in [3.05, 3.63) is 0 Å². The monoisotopic (exact) mass is 486 g/mol. The van der Waals surface area contributed by atoms with Crippen molar-refractivity contribution in [2.75, 3.05) is 26.9 Å². The van der Waals surface area contributed by atoms with Crippen LogP contribution in [0.3, 0.4) is 0 Å². The maximum atomic E-state index is 11.6. The Balaban J connectivity index is 0. The average Bonchev–Trinajstić information content (AvgIpc) is 2.61. The van der Waals surface area contributed by atoms with Gasteiger partial charge < -0.3 is 23.8 Å². The average molecular weight is 487 g/mol. The first-order chi connectivity index (χ1) is 15.5. The highest BCUT2D eigenvalue weighted by atomic mass is 16.5. The first-order valence-corrected chi connectivity index (χ1v) is 12.7. The lowest BCUT2D eigenvalue weighted by Crippen LogP contribution is -2.23. The summed E-state index contributed by atoms with van der Waals surface area (Å²) in [7, 11) is 1.69. The Morgan fingerprint density at radius 2 is 1.38 bits per heavy atom. The molecule has 0 bridgehead atoms. The van der Waals surface area contributed by atoms with Crippen molar-refractivity contribution >= 4 is 17.5 Å². The molecule has 6 nitrogen and oxygen atoms in total. The van der Waals surface area contributed by atoms with Gasteiger partial charge in [0.25, 0.3) is 0 Å². The molecule has 6 heteroatoms. The van der Waals surface area contributed by atoms with Gasteiger partial charge in [0.05, 0.1) is 19.3 Å². The third-order valence-corrected chi connectivity index (χ3v) is 5.23. The second-order valence-corrected chi connectivity index (χ2v) is 11.9. The molecule has 0 heterocycles. The van der Waals surface area contributed by atoms with E-state index in [-0.39, 0.29) is 34.3 Å². The number of Topliss-reactive ketones (excluding diaryl/α,β-unsaturated/α-hetero) is 2. The minimum Gasteiger partial charge on any atom is -0.466 e. The molecule has 0 fully saturated rings. The molecule has 0 aromatic heterocycles. The summed E-state index contributed by atoms with van der Waals surface area (Å²) in [5.74, 6) is 1.01. The standard InChI is InChI=1S/C15H28O4.C13H26O2/c1-12(10-15(3,4)11-18-5)9-14(17)19-8-6-7-13(2)16;1-10(2)15-9-11(3)7-13(5,6)8-12(4)14/h12H,6-11H2,1-5H3;10-11H,7-9H2,1-6H3. The van der Waals surface area contributed by atoms with Crippen molar-refractivity contribution in [3.63, 3.8) is 0 Å². The van der Waals surface area contributed by atoms with Gasteiger partial charge in [-0.15, -0.1) is 0 Å². The summed E-state index contributed by atoms with van der Waals surface area (Å²) in [4.78, 5) is 33.4. The van der Waals surface area contributed by atoms with Crippen molar-refractivity contribution in [3.8, 4) is 0 Å². The zero-order chi connectivity index (χ0) is 26.9. The highest BCUT2D eigenvalue weighted by molar-refractivity contribution is 5.76. The molecule has 0 saturated carbocycles. The van der Waals surface area contributed by atoms with E-state index in [0.29, 0.717) is 50.9 Å². The Morgan fingerprint density at radius 1 is 0.824 bits per heavy atom. The third-order valence-electron chi connectivity index (χ3n) is 5.23. The Bertz CT molecular complexity index is 579. The van der Waals surface area contributed by atoms with E-state index in [0.717, 1.165) is 19.4 Å². The van der Waals surface area contributed by atoms with E-state index in [4.69, 9.17) is 14.2 Å². The number of ketones is 2. The Labute approximate surface area is 209 Å². The van der Waals surface area contributed by atoms with Crippen LogP contribution in [0.25, 0.3) is 0 Å². The van der Waals surface area contributed by atoms with Gasteiger partial charge in [0.15, 0.2) is 0 Å². The van der Waals surface area contributed by atoms with E-state index < -0.39 is 0 Å². The number of carbonyl (C=O) groups excluding carboxylic acids is 3. The predicted molar refractivity (Wildman–Crippen MR) is 139 cm³/mol. The normalized spacial score (nSPS) is 13.6. The summed E-state index contributed by atoms with van der Waals surface area (Å²) in [5.41, 5.74) is 0.175. The van der Waals surface area contributed by atoms with E-state index in [1.165, 1.54) is 0 Å². The number of methoxy groups -OCH3 is 1. The molecule has 0 aliphatic heterocycles. The van der Waals surface area contributed by atoms with Crippen LogP contribution >= 0.6 is 0 Å². The number of esters is 1. The summed E-state index contributed by atoms with van der Waals surface area (Å²) >= 11 is 0. The fraction of sp³-hybridized carbons (Fsp3) is 0.893. The van der Waals surface area contributed by atoms with Crippen molar-refractivity contribution in [2.24, 2.45) is 22.7 Å². The topological polar surface area (TPSA) is 78.9 Å². The van der Waals surface area contributed by atoms with Crippen LogP contribution in [0.15, 0.2) is 0 Å². The Morgan fingerprint density at radius 3 is 1.85 bits per heavy atom. The molecule has 0 aromatic rings. The lowest BCUT2D eigenvalue weighted by atomic mass is 9.80. The van der Waals surface area contributed by atoms with Crippen LogP contribution in [0, 0.1) is 22.7 Å². The summed E-state index contributed by atoms with van der Waals surface area (Å²) in [6.45, 7) is 21.9. The molecule has 34 heavy (non-hydrogen) atoms. The highest BCUT2D eigenvalue weighted by Gasteiger charge is 2.24. The first-order valence-electron chi connectivity index (χ1n) is 12.7. The van der Waals surface area contributed by atoms with Crippen LogP contribution in [-0.4, -0.2) is 50.6 Å². The molecule has 2 unspecified atom stereocenters. The van der Waals surface area contributed by atoms with Crippen LogP contribution in [0.4, 0.5) is 0 Å². The SMILES string of the molecule is CC(=O)CC(C)(C)CC(C)COC(C)C.COCC(C)(C)CC(C)CC(=O)OCCCC(C)=O. The fourth-order valence-electron chi connectivity index (χ4n) is 4.42. The second-order valence-electron chi connectivity index (χ2n) is 11.9. The second kappa shape index (κ2) is 18.1. The van der Waals surface area contributed by atoms with Gasteiger partial charge >= 0.3 is 5.97 Å². The molecular weight excluding hydrogens is 432 g/mol. The minimum absolute atomic E-state index is 0.0725. The highest BCUT2D eigenvalue weighted by Crippen LogP contribution is 2.30. The summed E-state index contributed by atoms with van der Waals surface area (Å²) in [6, 6.07) is 0. The molecule has 0 amide bonds. The van der Waals surface area contributed by atoms with Gasteiger partial charge in [0, 0.05) is 33.0 Å².